The van der Waals surface area contributed by atoms with Crippen LogP contribution in [0.5, 0.6) is 5.88 Å². The molecule has 0 saturated carbocycles. The van der Waals surface area contributed by atoms with E-state index in [0.29, 0.717) is 16.7 Å². The molecule has 0 radical (unpaired) electrons. The minimum atomic E-state index is -0.285. The van der Waals surface area contributed by atoms with Gasteiger partial charge in [0.15, 0.2) is 5.69 Å². The quantitative estimate of drug-likeness (QED) is 0.454. The molecule has 2 aromatic heterocycles. The van der Waals surface area contributed by atoms with Crippen LogP contribution in [0, 0.1) is 0 Å². The maximum Gasteiger partial charge on any atom is 0.247 e. The Kier molecular flexibility index (Phi) is 5.36. The summed E-state index contributed by atoms with van der Waals surface area (Å²) in [7, 11) is 0. The predicted molar refractivity (Wildman–Crippen MR) is 107 cm³/mol. The van der Waals surface area contributed by atoms with Gasteiger partial charge in [-0.1, -0.05) is 55.8 Å². The van der Waals surface area contributed by atoms with Crippen LogP contribution in [0.4, 0.5) is 5.69 Å². The number of anilines is 1. The van der Waals surface area contributed by atoms with Crippen molar-refractivity contribution >= 4 is 28.8 Å². The zero-order valence-corrected chi connectivity index (χ0v) is 16.1. The molecule has 3 heterocycles. The Morgan fingerprint density at radius 1 is 1.15 bits per heavy atom. The van der Waals surface area contributed by atoms with Gasteiger partial charge in [-0.3, -0.25) is 0 Å². The number of para-hydroxylation sites is 1. The largest absolute Gasteiger partial charge is 0.447 e. The second-order valence-electron chi connectivity index (χ2n) is 6.01. The van der Waals surface area contributed by atoms with E-state index < -0.39 is 0 Å². The van der Waals surface area contributed by atoms with Gasteiger partial charge in [-0.05, 0) is 23.9 Å². The van der Waals surface area contributed by atoms with Crippen LogP contribution in [0.15, 0.2) is 46.9 Å². The maximum atomic E-state index is 6.22. The Labute approximate surface area is 161 Å². The number of fused-ring (bicyclic) bond motifs is 3. The number of hydrogen-bond acceptors (Lipinski definition) is 7. The Morgan fingerprint density at radius 3 is 2.92 bits per heavy atom. The SMILES string of the molecule is CCCCCSc1nnc2c(n1)OC(c1cccs1)Nc1ccccc1-2. The average Bonchev–Trinajstić information content (AvgIpc) is 3.15. The molecule has 3 aromatic rings. The molecule has 0 amide bonds. The molecular formula is C19H20N4OS2. The summed E-state index contributed by atoms with van der Waals surface area (Å²) in [5.74, 6) is 1.53. The van der Waals surface area contributed by atoms with E-state index in [0.717, 1.165) is 28.3 Å². The lowest BCUT2D eigenvalue weighted by molar-refractivity contribution is 0.229. The molecule has 4 rings (SSSR count). The molecule has 0 aliphatic carbocycles. The van der Waals surface area contributed by atoms with E-state index in [2.05, 4.69) is 33.5 Å². The van der Waals surface area contributed by atoms with Crippen LogP contribution < -0.4 is 10.1 Å². The number of thiophene rings is 1. The van der Waals surface area contributed by atoms with Crippen LogP contribution in [-0.4, -0.2) is 20.9 Å². The fourth-order valence-electron chi connectivity index (χ4n) is 2.79. The molecule has 1 aromatic carbocycles. The molecule has 1 atom stereocenters. The highest BCUT2D eigenvalue weighted by atomic mass is 32.2. The first-order chi connectivity index (χ1) is 12.8. The van der Waals surface area contributed by atoms with E-state index in [4.69, 9.17) is 4.74 Å². The van der Waals surface area contributed by atoms with Gasteiger partial charge in [-0.15, -0.1) is 21.5 Å². The second kappa shape index (κ2) is 8.05. The summed E-state index contributed by atoms with van der Waals surface area (Å²) in [5.41, 5.74) is 2.62. The van der Waals surface area contributed by atoms with Gasteiger partial charge in [0, 0.05) is 17.0 Å². The second-order valence-corrected chi connectivity index (χ2v) is 8.05. The van der Waals surface area contributed by atoms with Crippen molar-refractivity contribution in [2.24, 2.45) is 0 Å². The van der Waals surface area contributed by atoms with Crippen molar-refractivity contribution in [3.8, 4) is 17.1 Å². The van der Waals surface area contributed by atoms with Crippen molar-refractivity contribution in [1.82, 2.24) is 15.2 Å². The van der Waals surface area contributed by atoms with Crippen LogP contribution in [0.2, 0.25) is 0 Å². The number of ether oxygens (including phenoxy) is 1. The number of thioether (sulfide) groups is 1. The number of nitrogens with zero attached hydrogens (tertiary/aromatic N) is 3. The summed E-state index contributed by atoms with van der Waals surface area (Å²) in [6.45, 7) is 2.20. The number of unbranched alkanes of at least 4 members (excludes halogenated alkanes) is 2. The van der Waals surface area contributed by atoms with Gasteiger partial charge in [0.1, 0.15) is 0 Å². The normalized spacial score (nSPS) is 15.3. The highest BCUT2D eigenvalue weighted by molar-refractivity contribution is 7.99. The third-order valence-electron chi connectivity index (χ3n) is 4.11. The molecule has 1 aliphatic heterocycles. The first-order valence-electron chi connectivity index (χ1n) is 8.78. The third-order valence-corrected chi connectivity index (χ3v) is 5.95. The Bertz CT molecular complexity index is 870. The number of aromatic nitrogens is 3. The topological polar surface area (TPSA) is 59.9 Å². The molecule has 134 valence electrons. The molecule has 5 nitrogen and oxygen atoms in total. The Hall–Kier alpha value is -2.12. The molecule has 0 fully saturated rings. The van der Waals surface area contributed by atoms with E-state index >= 15 is 0 Å². The van der Waals surface area contributed by atoms with E-state index in [9.17, 15) is 0 Å². The van der Waals surface area contributed by atoms with E-state index in [1.807, 2.05) is 35.7 Å². The van der Waals surface area contributed by atoms with Crippen LogP contribution >= 0.6 is 23.1 Å². The molecule has 7 heteroatoms. The lowest BCUT2D eigenvalue weighted by Gasteiger charge is -2.17. The minimum Gasteiger partial charge on any atom is -0.447 e. The maximum absolute atomic E-state index is 6.22. The smallest absolute Gasteiger partial charge is 0.247 e. The molecule has 1 unspecified atom stereocenters. The van der Waals surface area contributed by atoms with Crippen LogP contribution in [0.1, 0.15) is 37.3 Å². The Morgan fingerprint density at radius 2 is 2.08 bits per heavy atom. The van der Waals surface area contributed by atoms with Crippen LogP contribution in [-0.2, 0) is 0 Å². The summed E-state index contributed by atoms with van der Waals surface area (Å²) in [4.78, 5) is 5.76. The summed E-state index contributed by atoms with van der Waals surface area (Å²) >= 11 is 3.29. The van der Waals surface area contributed by atoms with Gasteiger partial charge in [0.2, 0.25) is 17.3 Å². The van der Waals surface area contributed by atoms with Crippen molar-refractivity contribution in [1.29, 1.82) is 0 Å². The monoisotopic (exact) mass is 384 g/mol. The van der Waals surface area contributed by atoms with Crippen molar-refractivity contribution in [2.45, 2.75) is 37.6 Å². The first-order valence-corrected chi connectivity index (χ1v) is 10.6. The number of hydrogen-bond donors (Lipinski definition) is 1. The van der Waals surface area contributed by atoms with Crippen LogP contribution in [0.3, 0.4) is 0 Å². The van der Waals surface area contributed by atoms with Gasteiger partial charge in [0.25, 0.3) is 0 Å². The number of nitrogens with one attached hydrogen (secondary N) is 1. The number of benzene rings is 1. The summed E-state index contributed by atoms with van der Waals surface area (Å²) in [5, 5.41) is 14.9. The lowest BCUT2D eigenvalue weighted by atomic mass is 10.1. The van der Waals surface area contributed by atoms with E-state index in [-0.39, 0.29) is 6.23 Å². The standard InChI is InChI=1S/C19H20N4OS2/c1-2-3-6-11-26-19-21-18-16(22-23-19)13-8-4-5-9-14(13)20-17(24-18)15-10-7-12-25-15/h4-5,7-10,12,17,20H,2-3,6,11H2,1H3. The highest BCUT2D eigenvalue weighted by Crippen LogP contribution is 2.40. The zero-order valence-electron chi connectivity index (χ0n) is 14.5. The van der Waals surface area contributed by atoms with Gasteiger partial charge in [0.05, 0.1) is 4.88 Å². The van der Waals surface area contributed by atoms with Crippen LogP contribution in [0.25, 0.3) is 11.3 Å². The molecule has 0 saturated heterocycles. The Balaban J connectivity index is 1.67. The van der Waals surface area contributed by atoms with Gasteiger partial charge in [-0.25, -0.2) is 0 Å². The summed E-state index contributed by atoms with van der Waals surface area (Å²) in [6.07, 6.45) is 3.30. The van der Waals surface area contributed by atoms with Crippen molar-refractivity contribution in [3.05, 3.63) is 46.7 Å². The van der Waals surface area contributed by atoms with Crippen molar-refractivity contribution in [3.63, 3.8) is 0 Å². The average molecular weight is 385 g/mol. The van der Waals surface area contributed by atoms with E-state index in [1.165, 1.54) is 12.8 Å². The molecule has 0 bridgehead atoms. The first kappa shape index (κ1) is 17.3. The van der Waals surface area contributed by atoms with E-state index in [1.54, 1.807) is 23.1 Å². The minimum absolute atomic E-state index is 0.285. The molecule has 26 heavy (non-hydrogen) atoms. The summed E-state index contributed by atoms with van der Waals surface area (Å²) in [6, 6.07) is 12.1. The fourth-order valence-corrected chi connectivity index (χ4v) is 4.27. The number of rotatable bonds is 6. The fraction of sp³-hybridized carbons (Fsp3) is 0.316. The molecule has 1 aliphatic rings. The van der Waals surface area contributed by atoms with Crippen molar-refractivity contribution < 1.29 is 4.74 Å². The van der Waals surface area contributed by atoms with Gasteiger partial charge in [-0.2, -0.15) is 4.98 Å². The summed E-state index contributed by atoms with van der Waals surface area (Å²) < 4.78 is 6.22. The zero-order chi connectivity index (χ0) is 17.8. The molecule has 1 N–H and O–H groups in total. The highest BCUT2D eigenvalue weighted by Gasteiger charge is 2.26. The third kappa shape index (κ3) is 3.68. The predicted octanol–water partition coefficient (Wildman–Crippen LogP) is 5.39. The molecular weight excluding hydrogens is 364 g/mol. The molecule has 0 spiro atoms. The van der Waals surface area contributed by atoms with Gasteiger partial charge < -0.3 is 10.1 Å². The van der Waals surface area contributed by atoms with Gasteiger partial charge >= 0.3 is 0 Å². The lowest BCUT2D eigenvalue weighted by Crippen LogP contribution is -2.15. The van der Waals surface area contributed by atoms with Crippen molar-refractivity contribution in [2.75, 3.05) is 11.1 Å².